The molecule has 0 bridgehead atoms. The molecule has 1 fully saturated rings. The van der Waals surface area contributed by atoms with Gasteiger partial charge in [-0.25, -0.2) is 0 Å². The average Bonchev–Trinajstić information content (AvgIpc) is 3.15. The van der Waals surface area contributed by atoms with E-state index in [2.05, 4.69) is 41.2 Å². The highest BCUT2D eigenvalue weighted by atomic mass is 16.2. The van der Waals surface area contributed by atoms with E-state index >= 15 is 0 Å². The number of aryl methyl sites for hydroxylation is 2. The van der Waals surface area contributed by atoms with Gasteiger partial charge in [0.25, 0.3) is 5.91 Å². The molecule has 1 aromatic carbocycles. The van der Waals surface area contributed by atoms with Gasteiger partial charge in [-0.05, 0) is 37.8 Å². The number of likely N-dealkylation sites (tertiary alicyclic amines) is 1. The van der Waals surface area contributed by atoms with Crippen molar-refractivity contribution in [2.24, 2.45) is 7.05 Å². The summed E-state index contributed by atoms with van der Waals surface area (Å²) in [6, 6.07) is 12.8. The van der Waals surface area contributed by atoms with Crippen LogP contribution in [0.1, 0.15) is 53.8 Å². The van der Waals surface area contributed by atoms with E-state index in [0.717, 1.165) is 31.5 Å². The van der Waals surface area contributed by atoms with Crippen LogP contribution in [-0.4, -0.2) is 33.2 Å². The lowest BCUT2D eigenvalue weighted by atomic mass is 9.87. The van der Waals surface area contributed by atoms with Gasteiger partial charge >= 0.3 is 0 Å². The molecule has 1 aliphatic rings. The lowest BCUT2D eigenvalue weighted by Crippen LogP contribution is -2.40. The Kier molecular flexibility index (Phi) is 4.51. The maximum absolute atomic E-state index is 13.0. The highest BCUT2D eigenvalue weighted by Crippen LogP contribution is 2.34. The molecular formula is C19H25N3O. The van der Waals surface area contributed by atoms with E-state index in [-0.39, 0.29) is 11.9 Å². The Morgan fingerprint density at radius 2 is 2.09 bits per heavy atom. The van der Waals surface area contributed by atoms with E-state index in [9.17, 15) is 4.79 Å². The summed E-state index contributed by atoms with van der Waals surface area (Å²) < 4.78 is 1.70. The molecule has 1 aliphatic heterocycles. The Labute approximate surface area is 138 Å². The molecule has 0 spiro atoms. The molecule has 1 saturated heterocycles. The highest BCUT2D eigenvalue weighted by molar-refractivity contribution is 5.93. The van der Waals surface area contributed by atoms with Gasteiger partial charge in [0.15, 0.2) is 0 Å². The fourth-order valence-corrected chi connectivity index (χ4v) is 3.85. The van der Waals surface area contributed by atoms with Gasteiger partial charge in [-0.3, -0.25) is 9.48 Å². The minimum atomic E-state index is 0.116. The molecule has 2 heterocycles. The highest BCUT2D eigenvalue weighted by Gasteiger charge is 2.35. The Bertz CT molecular complexity index is 677. The van der Waals surface area contributed by atoms with Crippen molar-refractivity contribution < 1.29 is 4.79 Å². The lowest BCUT2D eigenvalue weighted by Gasteiger charge is -2.31. The maximum atomic E-state index is 13.0. The number of nitrogens with zero attached hydrogens (tertiary/aromatic N) is 3. The summed E-state index contributed by atoms with van der Waals surface area (Å²) in [5.74, 6) is 0.516. The average molecular weight is 311 g/mol. The number of hydrogen-bond donors (Lipinski definition) is 0. The summed E-state index contributed by atoms with van der Waals surface area (Å²) in [7, 11) is 1.85. The van der Waals surface area contributed by atoms with Crippen LogP contribution in [0, 0.1) is 6.92 Å². The largest absolute Gasteiger partial charge is 0.334 e. The second kappa shape index (κ2) is 6.57. The van der Waals surface area contributed by atoms with Crippen LogP contribution in [0.3, 0.4) is 0 Å². The van der Waals surface area contributed by atoms with Crippen molar-refractivity contribution in [1.82, 2.24) is 14.7 Å². The SMILES string of the molecule is CC[C@@H](c1ccccc1)[C@H]1CCCN1C(=O)c1cc(C)nn1C. The number of aromatic nitrogens is 2. The first kappa shape index (κ1) is 15.8. The third kappa shape index (κ3) is 3.03. The smallest absolute Gasteiger partial charge is 0.272 e. The quantitative estimate of drug-likeness (QED) is 0.866. The third-order valence-electron chi connectivity index (χ3n) is 4.91. The molecule has 4 nitrogen and oxygen atoms in total. The Morgan fingerprint density at radius 1 is 1.35 bits per heavy atom. The molecule has 0 radical (unpaired) electrons. The molecule has 0 saturated carbocycles. The van der Waals surface area contributed by atoms with Crippen molar-refractivity contribution in [1.29, 1.82) is 0 Å². The van der Waals surface area contributed by atoms with Crippen molar-refractivity contribution in [3.63, 3.8) is 0 Å². The zero-order valence-electron chi connectivity index (χ0n) is 14.2. The van der Waals surface area contributed by atoms with Gasteiger partial charge in [0, 0.05) is 25.6 Å². The van der Waals surface area contributed by atoms with Gasteiger partial charge in [-0.15, -0.1) is 0 Å². The van der Waals surface area contributed by atoms with Crippen LogP contribution >= 0.6 is 0 Å². The molecule has 4 heteroatoms. The minimum Gasteiger partial charge on any atom is -0.334 e. The van der Waals surface area contributed by atoms with Crippen LogP contribution in [0.2, 0.25) is 0 Å². The Hall–Kier alpha value is -2.10. The molecule has 2 aromatic rings. The monoisotopic (exact) mass is 311 g/mol. The van der Waals surface area contributed by atoms with Crippen molar-refractivity contribution in [3.8, 4) is 0 Å². The summed E-state index contributed by atoms with van der Waals surface area (Å²) in [5.41, 5.74) is 2.92. The number of carbonyl (C=O) groups is 1. The van der Waals surface area contributed by atoms with Crippen LogP contribution in [0.15, 0.2) is 36.4 Å². The third-order valence-corrected chi connectivity index (χ3v) is 4.91. The summed E-state index contributed by atoms with van der Waals surface area (Å²) in [5, 5.41) is 4.32. The molecule has 122 valence electrons. The van der Waals surface area contributed by atoms with E-state index in [1.165, 1.54) is 5.56 Å². The van der Waals surface area contributed by atoms with Gasteiger partial charge in [0.05, 0.1) is 5.69 Å². The molecule has 0 N–H and O–H groups in total. The van der Waals surface area contributed by atoms with Gasteiger partial charge < -0.3 is 4.90 Å². The van der Waals surface area contributed by atoms with Crippen LogP contribution in [0.5, 0.6) is 0 Å². The first-order valence-corrected chi connectivity index (χ1v) is 8.48. The van der Waals surface area contributed by atoms with Gasteiger partial charge in [-0.2, -0.15) is 5.10 Å². The minimum absolute atomic E-state index is 0.116. The first-order chi connectivity index (χ1) is 11.1. The lowest BCUT2D eigenvalue weighted by molar-refractivity contribution is 0.0703. The summed E-state index contributed by atoms with van der Waals surface area (Å²) in [6.07, 6.45) is 3.20. The predicted molar refractivity (Wildman–Crippen MR) is 91.5 cm³/mol. The first-order valence-electron chi connectivity index (χ1n) is 8.48. The summed E-state index contributed by atoms with van der Waals surface area (Å²) in [4.78, 5) is 15.1. The van der Waals surface area contributed by atoms with E-state index in [1.54, 1.807) is 4.68 Å². The Morgan fingerprint density at radius 3 is 2.70 bits per heavy atom. The van der Waals surface area contributed by atoms with Crippen LogP contribution in [0.25, 0.3) is 0 Å². The van der Waals surface area contributed by atoms with Crippen molar-refractivity contribution >= 4 is 5.91 Å². The zero-order chi connectivity index (χ0) is 16.4. The number of benzene rings is 1. The van der Waals surface area contributed by atoms with E-state index in [1.807, 2.05) is 26.1 Å². The van der Waals surface area contributed by atoms with Crippen molar-refractivity contribution in [2.75, 3.05) is 6.54 Å². The molecule has 0 aliphatic carbocycles. The zero-order valence-corrected chi connectivity index (χ0v) is 14.2. The van der Waals surface area contributed by atoms with Crippen LogP contribution < -0.4 is 0 Å². The molecule has 0 unspecified atom stereocenters. The molecule has 3 rings (SSSR count). The molecular weight excluding hydrogens is 286 g/mol. The number of hydrogen-bond acceptors (Lipinski definition) is 2. The molecule has 1 amide bonds. The van der Waals surface area contributed by atoms with Crippen LogP contribution in [0.4, 0.5) is 0 Å². The fraction of sp³-hybridized carbons (Fsp3) is 0.474. The Balaban J connectivity index is 1.87. The van der Waals surface area contributed by atoms with Crippen LogP contribution in [-0.2, 0) is 7.05 Å². The predicted octanol–water partition coefficient (Wildman–Crippen LogP) is 3.53. The van der Waals surface area contributed by atoms with Crippen molar-refractivity contribution in [2.45, 2.75) is 45.1 Å². The summed E-state index contributed by atoms with van der Waals surface area (Å²) >= 11 is 0. The topological polar surface area (TPSA) is 38.1 Å². The van der Waals surface area contributed by atoms with Crippen molar-refractivity contribution in [3.05, 3.63) is 53.3 Å². The van der Waals surface area contributed by atoms with E-state index in [4.69, 9.17) is 0 Å². The van der Waals surface area contributed by atoms with Gasteiger partial charge in [0.1, 0.15) is 5.69 Å². The second-order valence-corrected chi connectivity index (χ2v) is 6.43. The fourth-order valence-electron chi connectivity index (χ4n) is 3.85. The summed E-state index contributed by atoms with van der Waals surface area (Å²) in [6.45, 7) is 4.99. The number of rotatable bonds is 4. The maximum Gasteiger partial charge on any atom is 0.272 e. The number of amides is 1. The molecule has 2 atom stereocenters. The molecule has 23 heavy (non-hydrogen) atoms. The standard InChI is InChI=1S/C19H25N3O/c1-4-16(15-9-6-5-7-10-15)17-11-8-12-22(17)19(23)18-13-14(2)20-21(18)3/h5-7,9-10,13,16-17H,4,8,11-12H2,1-3H3/t16-,17+/m0/s1. The normalized spacial score (nSPS) is 19.1. The molecule has 1 aromatic heterocycles. The number of carbonyl (C=O) groups excluding carboxylic acids is 1. The second-order valence-electron chi connectivity index (χ2n) is 6.43. The van der Waals surface area contributed by atoms with E-state index < -0.39 is 0 Å². The van der Waals surface area contributed by atoms with Gasteiger partial charge in [-0.1, -0.05) is 37.3 Å². The van der Waals surface area contributed by atoms with E-state index in [0.29, 0.717) is 11.6 Å². The van der Waals surface area contributed by atoms with Gasteiger partial charge in [0.2, 0.25) is 0 Å².